The fraction of sp³-hybridized carbons (Fsp3) is 0.417. The predicted octanol–water partition coefficient (Wildman–Crippen LogP) is 1.86. The summed E-state index contributed by atoms with van der Waals surface area (Å²) in [5.41, 5.74) is 6.81. The number of amides is 1. The third-order valence-corrected chi connectivity index (χ3v) is 3.79. The van der Waals surface area contributed by atoms with Crippen molar-refractivity contribution >= 4 is 23.4 Å². The Morgan fingerprint density at radius 3 is 3.06 bits per heavy atom. The van der Waals surface area contributed by atoms with Crippen LogP contribution in [0.5, 0.6) is 0 Å². The first kappa shape index (κ1) is 11.5. The molecule has 0 radical (unpaired) electrons. The number of hydrogen-bond donors (Lipinski definition) is 1. The van der Waals surface area contributed by atoms with E-state index < -0.39 is 0 Å². The largest absolute Gasteiger partial charge is 0.320 e. The van der Waals surface area contributed by atoms with E-state index in [0.717, 1.165) is 18.0 Å². The molecule has 0 aliphatic carbocycles. The van der Waals surface area contributed by atoms with Crippen molar-refractivity contribution in [2.45, 2.75) is 24.3 Å². The van der Waals surface area contributed by atoms with Crippen LogP contribution in [0, 0.1) is 0 Å². The maximum atomic E-state index is 12.1. The van der Waals surface area contributed by atoms with Crippen molar-refractivity contribution in [1.82, 2.24) is 0 Å². The summed E-state index contributed by atoms with van der Waals surface area (Å²) < 4.78 is 0. The third-order valence-electron chi connectivity index (χ3n) is 2.75. The van der Waals surface area contributed by atoms with E-state index in [1.54, 1.807) is 11.8 Å². The number of benzene rings is 1. The molecule has 0 spiro atoms. The lowest BCUT2D eigenvalue weighted by Gasteiger charge is -2.30. The van der Waals surface area contributed by atoms with Crippen LogP contribution in [-0.2, 0) is 4.79 Å². The van der Waals surface area contributed by atoms with Gasteiger partial charge in [0.1, 0.15) is 0 Å². The average molecular weight is 236 g/mol. The first-order chi connectivity index (χ1) is 7.74. The van der Waals surface area contributed by atoms with Gasteiger partial charge >= 0.3 is 0 Å². The van der Waals surface area contributed by atoms with E-state index in [1.165, 1.54) is 4.90 Å². The second-order valence-electron chi connectivity index (χ2n) is 3.82. The number of rotatable bonds is 2. The number of thioether (sulfide) groups is 1. The molecule has 1 unspecified atom stereocenters. The molecule has 86 valence electrons. The van der Waals surface area contributed by atoms with Gasteiger partial charge in [-0.25, -0.2) is 0 Å². The zero-order chi connectivity index (χ0) is 11.5. The Hall–Kier alpha value is -1.00. The van der Waals surface area contributed by atoms with Crippen LogP contribution in [0.25, 0.3) is 0 Å². The summed E-state index contributed by atoms with van der Waals surface area (Å²) in [5, 5.41) is 0. The molecule has 0 aromatic heterocycles. The van der Waals surface area contributed by atoms with Gasteiger partial charge < -0.3 is 10.6 Å². The second-order valence-corrected chi connectivity index (χ2v) is 4.96. The number of anilines is 1. The van der Waals surface area contributed by atoms with E-state index in [2.05, 4.69) is 6.07 Å². The molecule has 0 saturated carbocycles. The van der Waals surface area contributed by atoms with E-state index in [1.807, 2.05) is 30.0 Å². The first-order valence-electron chi connectivity index (χ1n) is 5.53. The van der Waals surface area contributed by atoms with Gasteiger partial charge in [0.05, 0.1) is 11.7 Å². The summed E-state index contributed by atoms with van der Waals surface area (Å²) >= 11 is 1.79. The first-order valence-corrected chi connectivity index (χ1v) is 6.51. The molecule has 1 atom stereocenters. The number of carbonyl (C=O) groups is 1. The molecule has 1 aliphatic rings. The number of hydrogen-bond acceptors (Lipinski definition) is 3. The van der Waals surface area contributed by atoms with Crippen LogP contribution in [0.15, 0.2) is 29.2 Å². The van der Waals surface area contributed by atoms with Crippen LogP contribution in [0.3, 0.4) is 0 Å². The fourth-order valence-electron chi connectivity index (χ4n) is 1.77. The minimum absolute atomic E-state index is 0.0373. The van der Waals surface area contributed by atoms with Gasteiger partial charge in [-0.05, 0) is 18.6 Å². The minimum Gasteiger partial charge on any atom is -0.320 e. The Balaban J connectivity index is 2.28. The molecule has 2 N–H and O–H groups in total. The number of nitrogens with two attached hydrogens (primary N) is 1. The van der Waals surface area contributed by atoms with Crippen molar-refractivity contribution in [3.63, 3.8) is 0 Å². The Morgan fingerprint density at radius 1 is 1.56 bits per heavy atom. The molecule has 1 heterocycles. The van der Waals surface area contributed by atoms with Crippen LogP contribution in [-0.4, -0.2) is 24.2 Å². The number of nitrogens with zero attached hydrogens (tertiary/aromatic N) is 1. The monoisotopic (exact) mass is 236 g/mol. The quantitative estimate of drug-likeness (QED) is 0.852. The standard InChI is InChI=1S/C12H16N2OS/c1-2-9(13)12(15)14-7-8-16-11-6-4-3-5-10(11)14/h3-6,9H,2,7-8,13H2,1H3. The average Bonchev–Trinajstić information content (AvgIpc) is 2.36. The molecule has 1 aromatic rings. The molecule has 1 amide bonds. The van der Waals surface area contributed by atoms with Gasteiger partial charge in [-0.1, -0.05) is 19.1 Å². The third kappa shape index (κ3) is 2.08. The molecule has 0 bridgehead atoms. The maximum absolute atomic E-state index is 12.1. The van der Waals surface area contributed by atoms with E-state index in [4.69, 9.17) is 5.73 Å². The smallest absolute Gasteiger partial charge is 0.243 e. The lowest BCUT2D eigenvalue weighted by Crippen LogP contribution is -2.45. The van der Waals surface area contributed by atoms with Crippen LogP contribution in [0.1, 0.15) is 13.3 Å². The van der Waals surface area contributed by atoms with Gasteiger partial charge in [0.2, 0.25) is 5.91 Å². The van der Waals surface area contributed by atoms with E-state index in [9.17, 15) is 4.79 Å². The molecular formula is C12H16N2OS. The van der Waals surface area contributed by atoms with Crippen LogP contribution in [0.4, 0.5) is 5.69 Å². The maximum Gasteiger partial charge on any atom is 0.243 e. The fourth-order valence-corrected chi connectivity index (χ4v) is 2.77. The molecular weight excluding hydrogens is 220 g/mol. The van der Waals surface area contributed by atoms with Gasteiger partial charge in [0.25, 0.3) is 0 Å². The Bertz CT molecular complexity index is 394. The zero-order valence-electron chi connectivity index (χ0n) is 9.35. The molecule has 16 heavy (non-hydrogen) atoms. The van der Waals surface area contributed by atoms with Gasteiger partial charge in [0, 0.05) is 17.2 Å². The van der Waals surface area contributed by atoms with Gasteiger partial charge in [-0.3, -0.25) is 4.79 Å². The number of carbonyl (C=O) groups excluding carboxylic acids is 1. The summed E-state index contributed by atoms with van der Waals surface area (Å²) in [6.07, 6.45) is 0.685. The normalized spacial score (nSPS) is 16.8. The SMILES string of the molecule is CCC(N)C(=O)N1CCSc2ccccc21. The lowest BCUT2D eigenvalue weighted by molar-refractivity contribution is -0.119. The van der Waals surface area contributed by atoms with Crippen molar-refractivity contribution in [3.8, 4) is 0 Å². The molecule has 0 fully saturated rings. The highest BCUT2D eigenvalue weighted by atomic mass is 32.2. The summed E-state index contributed by atoms with van der Waals surface area (Å²) in [6.45, 7) is 2.70. The minimum atomic E-state index is -0.379. The molecule has 2 rings (SSSR count). The van der Waals surface area contributed by atoms with Crippen molar-refractivity contribution < 1.29 is 4.79 Å². The van der Waals surface area contributed by atoms with E-state index in [-0.39, 0.29) is 11.9 Å². The Labute approximate surface area is 100.0 Å². The molecule has 1 aromatic carbocycles. The van der Waals surface area contributed by atoms with Crippen molar-refractivity contribution in [2.24, 2.45) is 5.73 Å². The van der Waals surface area contributed by atoms with Crippen LogP contribution >= 0.6 is 11.8 Å². The van der Waals surface area contributed by atoms with Crippen molar-refractivity contribution in [1.29, 1.82) is 0 Å². The zero-order valence-corrected chi connectivity index (χ0v) is 10.2. The molecule has 0 saturated heterocycles. The molecule has 4 heteroatoms. The van der Waals surface area contributed by atoms with Crippen molar-refractivity contribution in [3.05, 3.63) is 24.3 Å². The molecule has 3 nitrogen and oxygen atoms in total. The van der Waals surface area contributed by atoms with Crippen molar-refractivity contribution in [2.75, 3.05) is 17.2 Å². The molecule has 1 aliphatic heterocycles. The van der Waals surface area contributed by atoms with Gasteiger partial charge in [-0.2, -0.15) is 0 Å². The second kappa shape index (κ2) is 4.89. The van der Waals surface area contributed by atoms with Crippen LogP contribution in [0.2, 0.25) is 0 Å². The van der Waals surface area contributed by atoms with E-state index >= 15 is 0 Å². The van der Waals surface area contributed by atoms with E-state index in [0.29, 0.717) is 6.42 Å². The topological polar surface area (TPSA) is 46.3 Å². The predicted molar refractivity (Wildman–Crippen MR) is 67.8 cm³/mol. The summed E-state index contributed by atoms with van der Waals surface area (Å²) in [6, 6.07) is 7.62. The highest BCUT2D eigenvalue weighted by molar-refractivity contribution is 7.99. The number of fused-ring (bicyclic) bond motifs is 1. The highest BCUT2D eigenvalue weighted by Gasteiger charge is 2.25. The summed E-state index contributed by atoms with van der Waals surface area (Å²) in [4.78, 5) is 15.1. The Morgan fingerprint density at radius 2 is 2.31 bits per heavy atom. The highest BCUT2D eigenvalue weighted by Crippen LogP contribution is 2.34. The van der Waals surface area contributed by atoms with Gasteiger partial charge in [-0.15, -0.1) is 11.8 Å². The van der Waals surface area contributed by atoms with Gasteiger partial charge in [0.15, 0.2) is 0 Å². The van der Waals surface area contributed by atoms with Crippen LogP contribution < -0.4 is 10.6 Å². The summed E-state index contributed by atoms with van der Waals surface area (Å²) in [5.74, 6) is 0.981. The number of para-hydroxylation sites is 1. The Kier molecular flexibility index (Phi) is 3.51. The summed E-state index contributed by atoms with van der Waals surface area (Å²) in [7, 11) is 0. The lowest BCUT2D eigenvalue weighted by atomic mass is 10.2.